The number of aliphatic hydroxyl groups excluding tert-OH is 1. The molecule has 1 aromatic heterocycles. The van der Waals surface area contributed by atoms with Crippen molar-refractivity contribution in [2.24, 2.45) is 5.92 Å². The Labute approximate surface area is 202 Å². The average Bonchev–Trinajstić information content (AvgIpc) is 3.21. The molecule has 2 N–H and O–H groups in total. The van der Waals surface area contributed by atoms with E-state index in [4.69, 9.17) is 21.1 Å². The molecule has 3 aromatic rings. The summed E-state index contributed by atoms with van der Waals surface area (Å²) >= 11 is 6.20. The number of amides is 1. The van der Waals surface area contributed by atoms with Gasteiger partial charge in [0.05, 0.1) is 18.1 Å². The van der Waals surface area contributed by atoms with Crippen LogP contribution in [-0.4, -0.2) is 53.3 Å². The molecule has 5 rings (SSSR count). The van der Waals surface area contributed by atoms with Crippen molar-refractivity contribution in [3.8, 4) is 11.5 Å². The van der Waals surface area contributed by atoms with Gasteiger partial charge in [0, 0.05) is 32.3 Å². The number of rotatable bonds is 4. The van der Waals surface area contributed by atoms with Crippen molar-refractivity contribution < 1.29 is 24.5 Å². The second-order valence-electron chi connectivity index (χ2n) is 8.92. The fraction of sp³-hybridized carbons (Fsp3) is 0.308. The van der Waals surface area contributed by atoms with Crippen LogP contribution in [-0.2, 0) is 16.0 Å². The molecule has 0 bridgehead atoms. The molecular formula is C26H25ClN2O5. The monoisotopic (exact) mass is 480 g/mol. The maximum absolute atomic E-state index is 13.5. The van der Waals surface area contributed by atoms with Crippen LogP contribution in [0.5, 0.6) is 11.5 Å². The van der Waals surface area contributed by atoms with Crippen LogP contribution in [0.1, 0.15) is 22.7 Å². The van der Waals surface area contributed by atoms with Crippen molar-refractivity contribution in [1.82, 2.24) is 9.88 Å². The fourth-order valence-corrected chi connectivity index (χ4v) is 5.69. The Balaban J connectivity index is 1.85. The highest BCUT2D eigenvalue weighted by atomic mass is 35.5. The molecule has 0 spiro atoms. The SMILES string of the molecule is COc1ccc([C@@]23Oc4cc(Cl)cnc4[C@]2(O)[C@H](O)[C@H](C(=O)N(C)C)[C@H]3c2ccccc2)cc1. The number of benzene rings is 2. The van der Waals surface area contributed by atoms with Crippen molar-refractivity contribution in [2.75, 3.05) is 21.2 Å². The minimum atomic E-state index is -2.03. The van der Waals surface area contributed by atoms with E-state index < -0.39 is 29.1 Å². The molecule has 1 amide bonds. The van der Waals surface area contributed by atoms with Gasteiger partial charge in [-0.3, -0.25) is 9.78 Å². The summed E-state index contributed by atoms with van der Waals surface area (Å²) in [5, 5.41) is 24.5. The predicted octanol–water partition coefficient (Wildman–Crippen LogP) is 3.08. The molecule has 2 heterocycles. The zero-order valence-electron chi connectivity index (χ0n) is 19.0. The molecule has 0 radical (unpaired) electrons. The molecule has 34 heavy (non-hydrogen) atoms. The Kier molecular flexibility index (Phi) is 5.31. The van der Waals surface area contributed by atoms with Gasteiger partial charge in [0.1, 0.15) is 23.3 Å². The molecule has 5 atom stereocenters. The van der Waals surface area contributed by atoms with Gasteiger partial charge < -0.3 is 24.6 Å². The molecule has 1 aliphatic carbocycles. The third-order valence-corrected chi connectivity index (χ3v) is 7.19. The third-order valence-electron chi connectivity index (χ3n) is 6.99. The number of aromatic nitrogens is 1. The van der Waals surface area contributed by atoms with Crippen LogP contribution >= 0.6 is 11.6 Å². The van der Waals surface area contributed by atoms with Crippen LogP contribution in [0.2, 0.25) is 5.02 Å². The van der Waals surface area contributed by atoms with Crippen molar-refractivity contribution >= 4 is 17.5 Å². The summed E-state index contributed by atoms with van der Waals surface area (Å²) in [6.45, 7) is 0. The Hall–Kier alpha value is -3.13. The van der Waals surface area contributed by atoms with E-state index in [1.807, 2.05) is 30.3 Å². The van der Waals surface area contributed by atoms with E-state index in [9.17, 15) is 15.0 Å². The van der Waals surface area contributed by atoms with E-state index in [2.05, 4.69) is 4.98 Å². The van der Waals surface area contributed by atoms with Crippen molar-refractivity contribution in [2.45, 2.75) is 23.2 Å². The Morgan fingerprint density at radius 2 is 1.82 bits per heavy atom. The van der Waals surface area contributed by atoms with E-state index in [0.29, 0.717) is 16.3 Å². The summed E-state index contributed by atoms with van der Waals surface area (Å²) in [4.78, 5) is 19.3. The summed E-state index contributed by atoms with van der Waals surface area (Å²) < 4.78 is 11.9. The lowest BCUT2D eigenvalue weighted by atomic mass is 9.71. The van der Waals surface area contributed by atoms with Gasteiger partial charge in [-0.05, 0) is 23.3 Å². The number of aliphatic hydroxyl groups is 2. The van der Waals surface area contributed by atoms with E-state index in [0.717, 1.165) is 5.56 Å². The molecule has 7 nitrogen and oxygen atoms in total. The number of methoxy groups -OCH3 is 1. The molecular weight excluding hydrogens is 456 g/mol. The number of halogens is 1. The molecule has 2 aliphatic rings. The number of carbonyl (C=O) groups excluding carboxylic acids is 1. The van der Waals surface area contributed by atoms with Crippen molar-refractivity contribution in [3.05, 3.63) is 88.7 Å². The molecule has 1 saturated carbocycles. The Morgan fingerprint density at radius 1 is 1.15 bits per heavy atom. The predicted molar refractivity (Wildman–Crippen MR) is 126 cm³/mol. The Bertz CT molecular complexity index is 1240. The second-order valence-corrected chi connectivity index (χ2v) is 9.36. The van der Waals surface area contributed by atoms with E-state index in [1.165, 1.54) is 11.1 Å². The first kappa shape index (κ1) is 22.7. The quantitative estimate of drug-likeness (QED) is 0.596. The maximum Gasteiger partial charge on any atom is 0.228 e. The van der Waals surface area contributed by atoms with Gasteiger partial charge in [0.25, 0.3) is 0 Å². The van der Waals surface area contributed by atoms with E-state index >= 15 is 0 Å². The highest BCUT2D eigenvalue weighted by Gasteiger charge is 2.78. The molecule has 8 heteroatoms. The van der Waals surface area contributed by atoms with Gasteiger partial charge in [-0.25, -0.2) is 0 Å². The van der Waals surface area contributed by atoms with Crippen LogP contribution in [0.3, 0.4) is 0 Å². The lowest BCUT2D eigenvalue weighted by Gasteiger charge is -2.40. The molecule has 0 unspecified atom stereocenters. The van der Waals surface area contributed by atoms with Crippen molar-refractivity contribution in [3.63, 3.8) is 0 Å². The number of fused-ring (bicyclic) bond motifs is 3. The topological polar surface area (TPSA) is 92.1 Å². The van der Waals surface area contributed by atoms with Crippen LogP contribution in [0.4, 0.5) is 0 Å². The minimum Gasteiger partial charge on any atom is -0.497 e. The lowest BCUT2D eigenvalue weighted by molar-refractivity contribution is -0.157. The minimum absolute atomic E-state index is 0.148. The average molecular weight is 481 g/mol. The Morgan fingerprint density at radius 3 is 2.44 bits per heavy atom. The number of hydrogen-bond acceptors (Lipinski definition) is 6. The molecule has 1 fully saturated rings. The first-order chi connectivity index (χ1) is 16.3. The van der Waals surface area contributed by atoms with Gasteiger partial charge in [-0.15, -0.1) is 0 Å². The number of nitrogens with zero attached hydrogens (tertiary/aromatic N) is 2. The zero-order valence-corrected chi connectivity index (χ0v) is 19.7. The number of ether oxygens (including phenoxy) is 2. The first-order valence-electron chi connectivity index (χ1n) is 10.9. The van der Waals surface area contributed by atoms with Crippen LogP contribution in [0.15, 0.2) is 66.9 Å². The zero-order chi connectivity index (χ0) is 24.3. The van der Waals surface area contributed by atoms with Crippen LogP contribution < -0.4 is 9.47 Å². The van der Waals surface area contributed by atoms with E-state index in [1.54, 1.807) is 51.5 Å². The summed E-state index contributed by atoms with van der Waals surface area (Å²) in [6, 6.07) is 18.0. The normalized spacial score (nSPS) is 29.2. The number of carbonyl (C=O) groups is 1. The maximum atomic E-state index is 13.5. The summed E-state index contributed by atoms with van der Waals surface area (Å²) in [7, 11) is 4.82. The van der Waals surface area contributed by atoms with Crippen LogP contribution in [0.25, 0.3) is 0 Å². The third kappa shape index (κ3) is 2.90. The van der Waals surface area contributed by atoms with Gasteiger partial charge in [-0.2, -0.15) is 0 Å². The lowest BCUT2D eigenvalue weighted by Crippen LogP contribution is -2.52. The standard InChI is InChI=1S/C26H25ClN2O5/c1-29(2)24(31)20-21(15-7-5-4-6-8-15)26(16-9-11-18(33-3)12-10-16)25(32,23(20)30)22-19(34-26)13-17(27)14-28-22/h4-14,20-21,23,30,32H,1-3H3/t20-,21-,23-,25+,26+/m1/s1. The van der Waals surface area contributed by atoms with Gasteiger partial charge >= 0.3 is 0 Å². The van der Waals surface area contributed by atoms with Crippen molar-refractivity contribution in [1.29, 1.82) is 0 Å². The summed E-state index contributed by atoms with van der Waals surface area (Å²) in [6.07, 6.45) is -0.110. The molecule has 176 valence electrons. The highest BCUT2D eigenvalue weighted by molar-refractivity contribution is 6.30. The molecule has 1 aliphatic heterocycles. The summed E-state index contributed by atoms with van der Waals surface area (Å²) in [5.74, 6) is -1.19. The van der Waals surface area contributed by atoms with Gasteiger partial charge in [0.2, 0.25) is 5.91 Å². The smallest absolute Gasteiger partial charge is 0.228 e. The van der Waals surface area contributed by atoms with Gasteiger partial charge in [-0.1, -0.05) is 54.1 Å². The van der Waals surface area contributed by atoms with Crippen LogP contribution in [0, 0.1) is 5.92 Å². The summed E-state index contributed by atoms with van der Waals surface area (Å²) in [5.41, 5.74) is -2.12. The number of pyridine rings is 1. The molecule has 0 saturated heterocycles. The first-order valence-corrected chi connectivity index (χ1v) is 11.3. The fourth-order valence-electron chi connectivity index (χ4n) is 5.54. The van der Waals surface area contributed by atoms with Gasteiger partial charge in [0.15, 0.2) is 11.2 Å². The highest BCUT2D eigenvalue weighted by Crippen LogP contribution is 2.68. The van der Waals surface area contributed by atoms with E-state index in [-0.39, 0.29) is 17.4 Å². The molecule has 2 aromatic carbocycles. The second kappa shape index (κ2) is 7.98. The largest absolute Gasteiger partial charge is 0.497 e. The number of hydrogen-bond donors (Lipinski definition) is 2.